The molecule has 29 heavy (non-hydrogen) atoms. The highest BCUT2D eigenvalue weighted by Gasteiger charge is 2.37. The number of benzene rings is 1. The fraction of sp³-hybridized carbons (Fsp3) is 0.318. The minimum atomic E-state index is -0.888. The van der Waals surface area contributed by atoms with Gasteiger partial charge in [0.15, 0.2) is 5.69 Å². The monoisotopic (exact) mass is 388 g/mol. The molecule has 4 aliphatic rings. The smallest absolute Gasteiger partial charge is 0.270 e. The summed E-state index contributed by atoms with van der Waals surface area (Å²) in [6.07, 6.45) is 5.21. The second kappa shape index (κ2) is 6.06. The van der Waals surface area contributed by atoms with Crippen molar-refractivity contribution in [3.63, 3.8) is 0 Å². The summed E-state index contributed by atoms with van der Waals surface area (Å²) in [6, 6.07) is 5.77. The van der Waals surface area contributed by atoms with Crippen LogP contribution >= 0.6 is 0 Å². The number of amides is 2. The van der Waals surface area contributed by atoms with E-state index in [0.717, 1.165) is 29.5 Å². The molecule has 1 aromatic heterocycles. The van der Waals surface area contributed by atoms with Crippen LogP contribution in [0.15, 0.2) is 24.3 Å². The van der Waals surface area contributed by atoms with E-state index in [2.05, 4.69) is 28.2 Å². The van der Waals surface area contributed by atoms with Gasteiger partial charge in [-0.25, -0.2) is 4.98 Å². The summed E-state index contributed by atoms with van der Waals surface area (Å²) in [5.74, 6) is 5.43. The van der Waals surface area contributed by atoms with Crippen LogP contribution in [0, 0.1) is 11.8 Å². The zero-order valence-electron chi connectivity index (χ0n) is 16.0. The number of aromatic nitrogens is 2. The Balaban J connectivity index is 1.70. The molecular formula is C22H20N4O3. The Morgan fingerprint density at radius 2 is 2.10 bits per heavy atom. The standard InChI is InChI=1S/C22H20N4O3/c1-24-21(28)18-17(19(23)27)25-20-16-9-12(5-8-22(29)6-2-7-22)3-4-15(16)13-10-14(11-13)26(18)20/h3-4,9-10,14,29H,2,6-7,11H2,1H3,(H2,23,27)(H,24,28). The lowest BCUT2D eigenvalue weighted by molar-refractivity contribution is 0.0239. The number of allylic oxidation sites excluding steroid dienone is 2. The number of hydrogen-bond acceptors (Lipinski definition) is 4. The number of aliphatic hydroxyl groups is 1. The van der Waals surface area contributed by atoms with Gasteiger partial charge in [-0.05, 0) is 49.0 Å². The van der Waals surface area contributed by atoms with Gasteiger partial charge < -0.3 is 20.7 Å². The van der Waals surface area contributed by atoms with Crippen molar-refractivity contribution in [3.05, 3.63) is 46.8 Å². The number of nitrogens with zero attached hydrogens (tertiary/aromatic N) is 2. The minimum Gasteiger partial charge on any atom is -0.378 e. The predicted octanol–water partition coefficient (Wildman–Crippen LogP) is 1.62. The van der Waals surface area contributed by atoms with Gasteiger partial charge in [0.05, 0.1) is 6.04 Å². The molecule has 0 saturated heterocycles. The number of hydrogen-bond donors (Lipinski definition) is 3. The SMILES string of the molecule is CNC(=O)c1c(C(N)=O)nc2n1C1C=C(C1)c1ccc(C#CC3(O)CCC3)cc1-2. The first-order chi connectivity index (χ1) is 13.9. The topological polar surface area (TPSA) is 110 Å². The van der Waals surface area contributed by atoms with E-state index < -0.39 is 17.4 Å². The summed E-state index contributed by atoms with van der Waals surface area (Å²) in [5, 5.41) is 12.8. The summed E-state index contributed by atoms with van der Waals surface area (Å²) >= 11 is 0. The molecule has 2 aliphatic heterocycles. The summed E-state index contributed by atoms with van der Waals surface area (Å²) in [7, 11) is 1.51. The lowest BCUT2D eigenvalue weighted by Crippen LogP contribution is -2.34. The van der Waals surface area contributed by atoms with Gasteiger partial charge in [-0.1, -0.05) is 24.0 Å². The van der Waals surface area contributed by atoms with Crippen LogP contribution in [0.1, 0.15) is 63.8 Å². The molecule has 1 saturated carbocycles. The van der Waals surface area contributed by atoms with E-state index in [0.29, 0.717) is 18.7 Å². The molecule has 1 aromatic carbocycles. The number of imidazole rings is 1. The fourth-order valence-electron chi connectivity index (χ4n) is 4.15. The summed E-state index contributed by atoms with van der Waals surface area (Å²) in [4.78, 5) is 29.0. The highest BCUT2D eigenvalue weighted by Crippen LogP contribution is 2.47. The first-order valence-electron chi connectivity index (χ1n) is 9.65. The lowest BCUT2D eigenvalue weighted by atomic mass is 9.81. The van der Waals surface area contributed by atoms with Crippen LogP contribution in [0.3, 0.4) is 0 Å². The molecule has 0 spiro atoms. The van der Waals surface area contributed by atoms with Gasteiger partial charge in [0, 0.05) is 18.2 Å². The van der Waals surface area contributed by atoms with E-state index >= 15 is 0 Å². The van der Waals surface area contributed by atoms with Crippen molar-refractivity contribution in [1.82, 2.24) is 14.9 Å². The van der Waals surface area contributed by atoms with E-state index in [4.69, 9.17) is 5.73 Å². The lowest BCUT2D eigenvalue weighted by Gasteiger charge is -2.30. The molecular weight excluding hydrogens is 368 g/mol. The van der Waals surface area contributed by atoms with Crippen molar-refractivity contribution < 1.29 is 14.7 Å². The van der Waals surface area contributed by atoms with Gasteiger partial charge in [0.25, 0.3) is 11.8 Å². The van der Waals surface area contributed by atoms with Crippen LogP contribution in [0.5, 0.6) is 0 Å². The molecule has 146 valence electrons. The average Bonchev–Trinajstić information content (AvgIpc) is 2.92. The maximum atomic E-state index is 12.5. The van der Waals surface area contributed by atoms with Crippen LogP contribution < -0.4 is 11.1 Å². The second-order valence-corrected chi connectivity index (χ2v) is 7.80. The number of nitrogens with two attached hydrogens (primary N) is 1. The van der Waals surface area contributed by atoms with Crippen molar-refractivity contribution in [1.29, 1.82) is 0 Å². The Hall–Kier alpha value is -3.37. The highest BCUT2D eigenvalue weighted by molar-refractivity contribution is 6.06. The van der Waals surface area contributed by atoms with Gasteiger partial charge in [-0.2, -0.15) is 0 Å². The molecule has 1 unspecified atom stereocenters. The average molecular weight is 388 g/mol. The maximum Gasteiger partial charge on any atom is 0.270 e. The summed E-state index contributed by atoms with van der Waals surface area (Å²) in [6.45, 7) is 0. The van der Waals surface area contributed by atoms with Crippen LogP contribution in [-0.2, 0) is 0 Å². The van der Waals surface area contributed by atoms with Crippen molar-refractivity contribution in [2.24, 2.45) is 5.73 Å². The van der Waals surface area contributed by atoms with Crippen molar-refractivity contribution in [2.45, 2.75) is 37.3 Å². The van der Waals surface area contributed by atoms with Gasteiger partial charge in [-0.15, -0.1) is 0 Å². The molecule has 4 N–H and O–H groups in total. The van der Waals surface area contributed by atoms with E-state index in [-0.39, 0.29) is 17.4 Å². The largest absolute Gasteiger partial charge is 0.378 e. The quantitative estimate of drug-likeness (QED) is 0.679. The maximum absolute atomic E-state index is 12.5. The van der Waals surface area contributed by atoms with Crippen LogP contribution in [0.2, 0.25) is 0 Å². The Kier molecular flexibility index (Phi) is 3.70. The normalized spacial score (nSPS) is 19.8. The van der Waals surface area contributed by atoms with Gasteiger partial charge in [-0.3, -0.25) is 9.59 Å². The van der Waals surface area contributed by atoms with E-state index in [1.54, 1.807) is 4.57 Å². The predicted molar refractivity (Wildman–Crippen MR) is 107 cm³/mol. The molecule has 1 atom stereocenters. The van der Waals surface area contributed by atoms with Gasteiger partial charge >= 0.3 is 0 Å². The Morgan fingerprint density at radius 3 is 2.72 bits per heavy atom. The summed E-state index contributed by atoms with van der Waals surface area (Å²) in [5.41, 5.74) is 8.53. The number of carbonyl (C=O) groups excluding carboxylic acids is 2. The zero-order chi connectivity index (χ0) is 20.3. The van der Waals surface area contributed by atoms with Crippen molar-refractivity contribution in [3.8, 4) is 23.2 Å². The molecule has 7 nitrogen and oxygen atoms in total. The fourth-order valence-corrected chi connectivity index (χ4v) is 4.15. The second-order valence-electron chi connectivity index (χ2n) is 7.80. The first-order valence-corrected chi connectivity index (χ1v) is 9.65. The number of primary amides is 1. The minimum absolute atomic E-state index is 0.0330. The molecule has 7 heteroatoms. The van der Waals surface area contributed by atoms with Gasteiger partial charge in [0.1, 0.15) is 17.1 Å². The van der Waals surface area contributed by atoms with Gasteiger partial charge in [0.2, 0.25) is 0 Å². The number of carbonyl (C=O) groups is 2. The summed E-state index contributed by atoms with van der Waals surface area (Å²) < 4.78 is 1.80. The van der Waals surface area contributed by atoms with Crippen molar-refractivity contribution >= 4 is 17.4 Å². The Bertz CT molecular complexity index is 1170. The molecule has 3 heterocycles. The highest BCUT2D eigenvalue weighted by atomic mass is 16.3. The molecule has 6 rings (SSSR count). The molecule has 2 aliphatic carbocycles. The Labute approximate surface area is 167 Å². The Morgan fingerprint density at radius 1 is 1.34 bits per heavy atom. The molecule has 2 amide bonds. The van der Waals surface area contributed by atoms with Crippen LogP contribution in [0.25, 0.3) is 17.0 Å². The van der Waals surface area contributed by atoms with Crippen molar-refractivity contribution in [2.75, 3.05) is 7.05 Å². The molecule has 2 bridgehead atoms. The van der Waals surface area contributed by atoms with E-state index in [1.165, 1.54) is 12.6 Å². The molecule has 0 radical (unpaired) electrons. The molecule has 2 aromatic rings. The van der Waals surface area contributed by atoms with E-state index in [1.807, 2.05) is 18.2 Å². The third kappa shape index (κ3) is 2.60. The third-order valence-electron chi connectivity index (χ3n) is 5.97. The van der Waals surface area contributed by atoms with E-state index in [9.17, 15) is 14.7 Å². The van der Waals surface area contributed by atoms with Crippen LogP contribution in [-0.4, -0.2) is 39.1 Å². The third-order valence-corrected chi connectivity index (χ3v) is 5.97. The zero-order valence-corrected chi connectivity index (χ0v) is 16.0. The molecule has 1 fully saturated rings. The number of nitrogens with one attached hydrogen (secondary N) is 1. The van der Waals surface area contributed by atoms with Crippen LogP contribution in [0.4, 0.5) is 0 Å². The first kappa shape index (κ1) is 17.7. The number of rotatable bonds is 2.